The van der Waals surface area contributed by atoms with Gasteiger partial charge in [-0.05, 0) is 55.4 Å². The van der Waals surface area contributed by atoms with Crippen molar-refractivity contribution in [2.75, 3.05) is 39.3 Å². The van der Waals surface area contributed by atoms with Gasteiger partial charge in [0.1, 0.15) is 18.0 Å². The summed E-state index contributed by atoms with van der Waals surface area (Å²) in [6, 6.07) is 9.22. The zero-order valence-electron chi connectivity index (χ0n) is 20.4. The molecule has 3 atom stereocenters. The highest BCUT2D eigenvalue weighted by Gasteiger charge is 2.40. The van der Waals surface area contributed by atoms with Crippen molar-refractivity contribution in [2.24, 2.45) is 11.8 Å². The zero-order chi connectivity index (χ0) is 25.2. The van der Waals surface area contributed by atoms with Gasteiger partial charge in [0.15, 0.2) is 11.5 Å². The van der Waals surface area contributed by atoms with E-state index in [-0.39, 0.29) is 28.3 Å². The summed E-state index contributed by atoms with van der Waals surface area (Å²) < 4.78 is 50.2. The molecule has 2 saturated carbocycles. The number of nitrogens with one attached hydrogen (secondary N) is 1. The van der Waals surface area contributed by atoms with Crippen molar-refractivity contribution in [1.29, 1.82) is 0 Å². The number of nitrogens with zero attached hydrogens (tertiary/aromatic N) is 1. The van der Waals surface area contributed by atoms with Gasteiger partial charge >= 0.3 is 0 Å². The van der Waals surface area contributed by atoms with Crippen molar-refractivity contribution in [2.45, 2.75) is 36.6 Å². The highest BCUT2D eigenvalue weighted by atomic mass is 32.2. The van der Waals surface area contributed by atoms with E-state index < -0.39 is 16.6 Å². The molecule has 0 heterocycles. The summed E-state index contributed by atoms with van der Waals surface area (Å²) in [4.78, 5) is 13.1. The lowest BCUT2D eigenvalue weighted by atomic mass is 9.95. The van der Waals surface area contributed by atoms with Crippen LogP contribution in [0.3, 0.4) is 0 Å². The van der Waals surface area contributed by atoms with Crippen LogP contribution in [-0.4, -0.2) is 55.4 Å². The van der Waals surface area contributed by atoms with Crippen molar-refractivity contribution in [3.8, 4) is 23.0 Å². The molecule has 4 rings (SSSR count). The maximum absolute atomic E-state index is 13.9. The van der Waals surface area contributed by atoms with Crippen molar-refractivity contribution in [1.82, 2.24) is 5.32 Å². The second-order valence-corrected chi connectivity index (χ2v) is 10.8. The van der Waals surface area contributed by atoms with Crippen LogP contribution in [0.1, 0.15) is 25.7 Å². The Bertz CT molecular complexity index is 1180. The molecule has 2 fully saturated rings. The zero-order valence-corrected chi connectivity index (χ0v) is 21.3. The fraction of sp³-hybridized carbons (Fsp3) is 0.480. The number of methoxy groups -OCH3 is 4. The molecule has 9 nitrogen and oxygen atoms in total. The summed E-state index contributed by atoms with van der Waals surface area (Å²) in [5.41, 5.74) is 0.199. The van der Waals surface area contributed by atoms with Crippen LogP contribution in [0.4, 0.5) is 5.69 Å². The van der Waals surface area contributed by atoms with Crippen molar-refractivity contribution in [3.05, 3.63) is 36.4 Å². The Balaban J connectivity index is 1.72. The van der Waals surface area contributed by atoms with E-state index in [1.165, 1.54) is 53.1 Å². The predicted molar refractivity (Wildman–Crippen MR) is 131 cm³/mol. The third kappa shape index (κ3) is 4.98. The summed E-state index contributed by atoms with van der Waals surface area (Å²) in [5, 5.41) is 3.08. The monoisotopic (exact) mass is 504 g/mol. The fourth-order valence-electron chi connectivity index (χ4n) is 5.20. The van der Waals surface area contributed by atoms with Crippen molar-refractivity contribution < 1.29 is 32.2 Å². The average molecular weight is 505 g/mol. The fourth-order valence-corrected chi connectivity index (χ4v) is 6.64. The largest absolute Gasteiger partial charge is 0.497 e. The molecule has 35 heavy (non-hydrogen) atoms. The van der Waals surface area contributed by atoms with Crippen molar-refractivity contribution in [3.63, 3.8) is 0 Å². The average Bonchev–Trinajstić information content (AvgIpc) is 3.49. The van der Waals surface area contributed by atoms with E-state index >= 15 is 0 Å². The van der Waals surface area contributed by atoms with Crippen LogP contribution in [-0.2, 0) is 14.8 Å². The van der Waals surface area contributed by atoms with Gasteiger partial charge in [0.2, 0.25) is 5.91 Å². The van der Waals surface area contributed by atoms with Crippen molar-refractivity contribution >= 4 is 21.6 Å². The number of anilines is 1. The smallest absolute Gasteiger partial charge is 0.265 e. The number of hydrogen-bond donors (Lipinski definition) is 1. The summed E-state index contributed by atoms with van der Waals surface area (Å²) in [5.74, 6) is 2.13. The molecule has 1 N–H and O–H groups in total. The van der Waals surface area contributed by atoms with E-state index in [1.54, 1.807) is 18.2 Å². The molecule has 1 amide bonds. The predicted octanol–water partition coefficient (Wildman–Crippen LogP) is 3.22. The number of hydrogen-bond acceptors (Lipinski definition) is 7. The Morgan fingerprint density at radius 3 is 2.23 bits per heavy atom. The maximum atomic E-state index is 13.9. The second kappa shape index (κ2) is 10.2. The summed E-state index contributed by atoms with van der Waals surface area (Å²) in [7, 11) is 1.63. The van der Waals surface area contributed by atoms with Gasteiger partial charge in [0, 0.05) is 18.2 Å². The van der Waals surface area contributed by atoms with Crippen LogP contribution < -0.4 is 28.6 Å². The maximum Gasteiger partial charge on any atom is 0.265 e. The van der Waals surface area contributed by atoms with Gasteiger partial charge in [-0.2, -0.15) is 0 Å². The molecular formula is C25H32N2O7S. The van der Waals surface area contributed by atoms with Crippen LogP contribution in [0.5, 0.6) is 23.0 Å². The molecule has 2 aromatic rings. The quantitative estimate of drug-likeness (QED) is 0.530. The topological polar surface area (TPSA) is 103 Å². The minimum absolute atomic E-state index is 0.0484. The van der Waals surface area contributed by atoms with Crippen LogP contribution >= 0.6 is 0 Å². The first-order valence-electron chi connectivity index (χ1n) is 11.6. The number of carbonyl (C=O) groups is 1. The van der Waals surface area contributed by atoms with Crippen LogP contribution in [0.2, 0.25) is 0 Å². The van der Waals surface area contributed by atoms with E-state index in [9.17, 15) is 13.2 Å². The molecule has 2 aliphatic rings. The molecule has 0 radical (unpaired) electrons. The standard InChI is InChI=1S/C25H32N2O7S/c1-31-18-7-9-22(32-2)21(13-18)27(15-25(28)26-20-12-16-5-6-17(20)11-16)35(29,30)19-8-10-23(33-3)24(14-19)34-4/h7-10,13-14,16-17,20H,5-6,11-12,15H2,1-4H3,(H,26,28)/t16-,17-,20-/m0/s1. The van der Waals surface area contributed by atoms with E-state index in [4.69, 9.17) is 18.9 Å². The molecule has 0 aliphatic heterocycles. The van der Waals surface area contributed by atoms with Crippen LogP contribution in [0.25, 0.3) is 0 Å². The first-order chi connectivity index (χ1) is 16.8. The molecular weight excluding hydrogens is 472 g/mol. The Hall–Kier alpha value is -3.14. The number of ether oxygens (including phenoxy) is 4. The van der Waals surface area contributed by atoms with E-state index in [1.807, 2.05) is 0 Å². The Kier molecular flexibility index (Phi) is 7.30. The molecule has 0 aromatic heterocycles. The van der Waals surface area contributed by atoms with Gasteiger partial charge in [-0.25, -0.2) is 8.42 Å². The third-order valence-corrected chi connectivity index (χ3v) is 8.73. The first kappa shape index (κ1) is 25.0. The molecule has 0 saturated heterocycles. The molecule has 2 aliphatic carbocycles. The molecule has 2 bridgehead atoms. The number of sulfonamides is 1. The van der Waals surface area contributed by atoms with Crippen LogP contribution in [0, 0.1) is 11.8 Å². The van der Waals surface area contributed by atoms with Gasteiger partial charge in [-0.1, -0.05) is 6.42 Å². The first-order valence-corrected chi connectivity index (χ1v) is 13.0. The van der Waals surface area contributed by atoms with Crippen LogP contribution in [0.15, 0.2) is 41.3 Å². The van der Waals surface area contributed by atoms with E-state index in [2.05, 4.69) is 5.32 Å². The Labute approximate surface area is 206 Å². The number of carbonyl (C=O) groups excluding carboxylic acids is 1. The molecule has 10 heteroatoms. The minimum atomic E-state index is -4.21. The number of rotatable bonds is 10. The van der Waals surface area contributed by atoms with Gasteiger partial charge in [0.25, 0.3) is 10.0 Å². The second-order valence-electron chi connectivity index (χ2n) is 8.92. The lowest BCUT2D eigenvalue weighted by Crippen LogP contribution is -2.46. The Morgan fingerprint density at radius 2 is 1.63 bits per heavy atom. The Morgan fingerprint density at radius 1 is 0.914 bits per heavy atom. The van der Waals surface area contributed by atoms with E-state index in [0.29, 0.717) is 29.1 Å². The van der Waals surface area contributed by atoms with Gasteiger partial charge < -0.3 is 24.3 Å². The van der Waals surface area contributed by atoms with Gasteiger partial charge in [-0.3, -0.25) is 9.10 Å². The highest BCUT2D eigenvalue weighted by Crippen LogP contribution is 2.44. The molecule has 0 unspecified atom stereocenters. The molecule has 190 valence electrons. The third-order valence-electron chi connectivity index (χ3n) is 6.97. The number of fused-ring (bicyclic) bond motifs is 2. The van der Waals surface area contributed by atoms with Gasteiger partial charge in [0.05, 0.1) is 39.0 Å². The summed E-state index contributed by atoms with van der Waals surface area (Å²) >= 11 is 0. The lowest BCUT2D eigenvalue weighted by molar-refractivity contribution is -0.120. The summed E-state index contributed by atoms with van der Waals surface area (Å²) in [6.45, 7) is -0.409. The molecule has 2 aromatic carbocycles. The normalized spacial score (nSPS) is 20.9. The molecule has 0 spiro atoms. The SMILES string of the molecule is COc1ccc(OC)c(N(CC(=O)N[C@H]2C[C@H]3CC[C@H]2C3)S(=O)(=O)c2ccc(OC)c(OC)c2)c1. The van der Waals surface area contributed by atoms with E-state index in [0.717, 1.165) is 23.6 Å². The minimum Gasteiger partial charge on any atom is -0.497 e. The number of amides is 1. The number of benzene rings is 2. The lowest BCUT2D eigenvalue weighted by Gasteiger charge is -2.28. The summed E-state index contributed by atoms with van der Waals surface area (Å²) in [6.07, 6.45) is 4.38. The van der Waals surface area contributed by atoms with Gasteiger partial charge in [-0.15, -0.1) is 0 Å². The highest BCUT2D eigenvalue weighted by molar-refractivity contribution is 7.92.